The lowest BCUT2D eigenvalue weighted by molar-refractivity contribution is 0.851. The molecular weight excluding hydrogens is 184 g/mol. The molecule has 1 atom stereocenters. The van der Waals surface area contributed by atoms with Gasteiger partial charge in [-0.2, -0.15) is 0 Å². The van der Waals surface area contributed by atoms with Crippen LogP contribution in [0.1, 0.15) is 13.3 Å². The lowest BCUT2D eigenvalue weighted by Crippen LogP contribution is -2.16. The first-order chi connectivity index (χ1) is 6.26. The number of hydrogen-bond donors (Lipinski definition) is 1. The molecule has 1 unspecified atom stereocenters. The van der Waals surface area contributed by atoms with Gasteiger partial charge in [-0.15, -0.1) is 6.42 Å². The quantitative estimate of drug-likeness (QED) is 0.591. The number of anilines is 1. The predicted octanol–water partition coefficient (Wildman–Crippen LogP) is 2.56. The standard InChI is InChI=1S/C10H11ClN2/c1-3-8(4-2)12-10-7-5-6-9(11)13-10/h1,5-8H,4H2,2H3,(H,12,13). The van der Waals surface area contributed by atoms with Gasteiger partial charge in [-0.3, -0.25) is 0 Å². The molecule has 1 aromatic heterocycles. The van der Waals surface area contributed by atoms with E-state index >= 15 is 0 Å². The van der Waals surface area contributed by atoms with Crippen molar-refractivity contribution >= 4 is 17.4 Å². The van der Waals surface area contributed by atoms with Crippen LogP contribution in [0.4, 0.5) is 5.82 Å². The Hall–Kier alpha value is -1.20. The smallest absolute Gasteiger partial charge is 0.131 e. The molecule has 3 heteroatoms. The SMILES string of the molecule is C#CC(CC)Nc1cccc(Cl)n1. The van der Waals surface area contributed by atoms with Crippen LogP contribution in [-0.2, 0) is 0 Å². The predicted molar refractivity (Wildman–Crippen MR) is 55.8 cm³/mol. The van der Waals surface area contributed by atoms with Crippen LogP contribution in [0.3, 0.4) is 0 Å². The summed E-state index contributed by atoms with van der Waals surface area (Å²) >= 11 is 5.71. The Kier molecular flexibility index (Phi) is 3.60. The first-order valence-electron chi connectivity index (χ1n) is 4.11. The van der Waals surface area contributed by atoms with Crippen LogP contribution >= 0.6 is 11.6 Å². The van der Waals surface area contributed by atoms with Crippen molar-refractivity contribution in [3.63, 3.8) is 0 Å². The van der Waals surface area contributed by atoms with E-state index in [0.29, 0.717) is 5.15 Å². The zero-order chi connectivity index (χ0) is 9.68. The van der Waals surface area contributed by atoms with Crippen molar-refractivity contribution in [1.29, 1.82) is 0 Å². The molecule has 1 N–H and O–H groups in total. The van der Waals surface area contributed by atoms with Crippen LogP contribution in [0.15, 0.2) is 18.2 Å². The molecule has 2 nitrogen and oxygen atoms in total. The molecule has 0 fully saturated rings. The lowest BCUT2D eigenvalue weighted by Gasteiger charge is -2.10. The number of pyridine rings is 1. The summed E-state index contributed by atoms with van der Waals surface area (Å²) in [6.45, 7) is 2.02. The molecule has 1 aromatic rings. The van der Waals surface area contributed by atoms with Crippen molar-refractivity contribution < 1.29 is 0 Å². The zero-order valence-electron chi connectivity index (χ0n) is 7.42. The van der Waals surface area contributed by atoms with Crippen molar-refractivity contribution in [3.8, 4) is 12.3 Å². The molecule has 1 heterocycles. The Labute approximate surface area is 83.3 Å². The Bertz CT molecular complexity index is 317. The van der Waals surface area contributed by atoms with Gasteiger partial charge in [0.05, 0.1) is 6.04 Å². The van der Waals surface area contributed by atoms with Gasteiger partial charge in [0.25, 0.3) is 0 Å². The van der Waals surface area contributed by atoms with Gasteiger partial charge in [0, 0.05) is 0 Å². The van der Waals surface area contributed by atoms with Crippen LogP contribution in [-0.4, -0.2) is 11.0 Å². The molecule has 0 bridgehead atoms. The molecule has 0 amide bonds. The molecule has 1 rings (SSSR count). The topological polar surface area (TPSA) is 24.9 Å². The number of rotatable bonds is 3. The third-order valence-corrected chi connectivity index (χ3v) is 1.86. The maximum absolute atomic E-state index is 5.71. The van der Waals surface area contributed by atoms with E-state index in [1.165, 1.54) is 0 Å². The fraction of sp³-hybridized carbons (Fsp3) is 0.300. The minimum Gasteiger partial charge on any atom is -0.356 e. The summed E-state index contributed by atoms with van der Waals surface area (Å²) in [5.41, 5.74) is 0. The van der Waals surface area contributed by atoms with E-state index in [0.717, 1.165) is 12.2 Å². The summed E-state index contributed by atoms with van der Waals surface area (Å²) in [5.74, 6) is 3.35. The third kappa shape index (κ3) is 2.96. The molecule has 0 spiro atoms. The van der Waals surface area contributed by atoms with E-state index in [1.807, 2.05) is 19.1 Å². The van der Waals surface area contributed by atoms with Crippen LogP contribution in [0.5, 0.6) is 0 Å². The average Bonchev–Trinajstić information content (AvgIpc) is 2.14. The number of nitrogens with zero attached hydrogens (tertiary/aromatic N) is 1. The summed E-state index contributed by atoms with van der Waals surface area (Å²) in [4.78, 5) is 4.07. The molecule has 0 aromatic carbocycles. The normalized spacial score (nSPS) is 11.8. The molecule has 0 aliphatic rings. The minimum atomic E-state index is 0.0194. The van der Waals surface area contributed by atoms with E-state index in [9.17, 15) is 0 Å². The first-order valence-corrected chi connectivity index (χ1v) is 4.49. The van der Waals surface area contributed by atoms with Gasteiger partial charge in [0.2, 0.25) is 0 Å². The van der Waals surface area contributed by atoms with E-state index in [4.69, 9.17) is 18.0 Å². The maximum Gasteiger partial charge on any atom is 0.131 e. The van der Waals surface area contributed by atoms with Crippen LogP contribution in [0, 0.1) is 12.3 Å². The van der Waals surface area contributed by atoms with Crippen LogP contribution in [0.25, 0.3) is 0 Å². The summed E-state index contributed by atoms with van der Waals surface area (Å²) < 4.78 is 0. The molecule has 0 radical (unpaired) electrons. The molecule has 0 saturated carbocycles. The number of hydrogen-bond acceptors (Lipinski definition) is 2. The van der Waals surface area contributed by atoms with Gasteiger partial charge in [-0.1, -0.05) is 30.5 Å². The fourth-order valence-electron chi connectivity index (χ4n) is 0.929. The monoisotopic (exact) mass is 194 g/mol. The highest BCUT2D eigenvalue weighted by Crippen LogP contribution is 2.10. The largest absolute Gasteiger partial charge is 0.356 e. The van der Waals surface area contributed by atoms with Crippen LogP contribution < -0.4 is 5.32 Å². The Morgan fingerprint density at radius 2 is 2.46 bits per heavy atom. The molecule has 0 saturated heterocycles. The molecular formula is C10H11ClN2. The van der Waals surface area contributed by atoms with Gasteiger partial charge < -0.3 is 5.32 Å². The van der Waals surface area contributed by atoms with Crippen molar-refractivity contribution in [2.45, 2.75) is 19.4 Å². The number of terminal acetylenes is 1. The minimum absolute atomic E-state index is 0.0194. The summed E-state index contributed by atoms with van der Waals surface area (Å²) in [6.07, 6.45) is 6.16. The number of aromatic nitrogens is 1. The second-order valence-corrected chi connectivity index (χ2v) is 3.00. The summed E-state index contributed by atoms with van der Waals surface area (Å²) in [7, 11) is 0. The van der Waals surface area contributed by atoms with E-state index < -0.39 is 0 Å². The first kappa shape index (κ1) is 9.88. The zero-order valence-corrected chi connectivity index (χ0v) is 8.17. The number of nitrogens with one attached hydrogen (secondary N) is 1. The van der Waals surface area contributed by atoms with E-state index in [1.54, 1.807) is 6.07 Å². The highest BCUT2D eigenvalue weighted by molar-refractivity contribution is 6.29. The van der Waals surface area contributed by atoms with Crippen molar-refractivity contribution in [2.75, 3.05) is 5.32 Å². The van der Waals surface area contributed by atoms with E-state index in [-0.39, 0.29) is 6.04 Å². The highest BCUT2D eigenvalue weighted by Gasteiger charge is 2.01. The van der Waals surface area contributed by atoms with Crippen LogP contribution in [0.2, 0.25) is 5.15 Å². The van der Waals surface area contributed by atoms with Gasteiger partial charge in [0.15, 0.2) is 0 Å². The lowest BCUT2D eigenvalue weighted by atomic mass is 10.2. The second kappa shape index (κ2) is 4.74. The van der Waals surface area contributed by atoms with Gasteiger partial charge in [-0.05, 0) is 18.6 Å². The van der Waals surface area contributed by atoms with E-state index in [2.05, 4.69) is 16.2 Å². The van der Waals surface area contributed by atoms with Crippen molar-refractivity contribution in [2.24, 2.45) is 0 Å². The third-order valence-electron chi connectivity index (χ3n) is 1.65. The summed E-state index contributed by atoms with van der Waals surface area (Å²) in [6, 6.07) is 5.42. The van der Waals surface area contributed by atoms with Crippen molar-refractivity contribution in [3.05, 3.63) is 23.4 Å². The number of halogens is 1. The Balaban J connectivity index is 2.69. The second-order valence-electron chi connectivity index (χ2n) is 2.62. The average molecular weight is 195 g/mol. The van der Waals surface area contributed by atoms with Gasteiger partial charge in [0.1, 0.15) is 11.0 Å². The van der Waals surface area contributed by atoms with Crippen molar-refractivity contribution in [1.82, 2.24) is 4.98 Å². The molecule has 0 aliphatic heterocycles. The Morgan fingerprint density at radius 1 is 1.69 bits per heavy atom. The van der Waals surface area contributed by atoms with Gasteiger partial charge in [-0.25, -0.2) is 4.98 Å². The molecule has 68 valence electrons. The van der Waals surface area contributed by atoms with Gasteiger partial charge >= 0.3 is 0 Å². The Morgan fingerprint density at radius 3 is 3.00 bits per heavy atom. The highest BCUT2D eigenvalue weighted by atomic mass is 35.5. The fourth-order valence-corrected chi connectivity index (χ4v) is 1.09. The summed E-state index contributed by atoms with van der Waals surface area (Å²) in [5, 5.41) is 3.56. The maximum atomic E-state index is 5.71. The molecule has 13 heavy (non-hydrogen) atoms. The molecule has 0 aliphatic carbocycles.